The molecule has 6 heteroatoms. The monoisotopic (exact) mass is 331 g/mol. The smallest absolute Gasteiger partial charge is 0.305 e. The second kappa shape index (κ2) is 9.56. The van der Waals surface area contributed by atoms with Crippen molar-refractivity contribution in [1.82, 2.24) is 9.88 Å². The highest BCUT2D eigenvalue weighted by Crippen LogP contribution is 2.18. The number of nitriles is 1. The summed E-state index contributed by atoms with van der Waals surface area (Å²) in [7, 11) is 1.33. The molecule has 0 fully saturated rings. The predicted molar refractivity (Wildman–Crippen MR) is 92.0 cm³/mol. The summed E-state index contributed by atoms with van der Waals surface area (Å²) in [6, 6.07) is 3.93. The van der Waals surface area contributed by atoms with Gasteiger partial charge >= 0.3 is 5.97 Å². The van der Waals surface area contributed by atoms with Gasteiger partial charge in [-0.05, 0) is 44.4 Å². The van der Waals surface area contributed by atoms with E-state index in [1.807, 2.05) is 26.0 Å². The third-order valence-electron chi connectivity index (χ3n) is 3.80. The fourth-order valence-electron chi connectivity index (χ4n) is 2.48. The predicted octanol–water partition coefficient (Wildman–Crippen LogP) is 2.49. The van der Waals surface area contributed by atoms with E-state index in [9.17, 15) is 14.9 Å². The quantitative estimate of drug-likeness (QED) is 0.343. The lowest BCUT2D eigenvalue weighted by atomic mass is 10.1. The lowest BCUT2D eigenvalue weighted by Crippen LogP contribution is -2.26. The molecule has 0 bridgehead atoms. The highest BCUT2D eigenvalue weighted by molar-refractivity contribution is 6.01. The molecular weight excluding hydrogens is 306 g/mol. The van der Waals surface area contributed by atoms with Crippen LogP contribution in [0.25, 0.3) is 6.08 Å². The average molecular weight is 331 g/mol. The molecule has 1 amide bonds. The van der Waals surface area contributed by atoms with Crippen LogP contribution >= 0.6 is 0 Å². The molecule has 24 heavy (non-hydrogen) atoms. The Labute approximate surface area is 143 Å². The number of amides is 1. The molecule has 0 radical (unpaired) electrons. The molecule has 0 saturated carbocycles. The molecule has 0 aliphatic heterocycles. The topological polar surface area (TPSA) is 84.1 Å². The van der Waals surface area contributed by atoms with Crippen molar-refractivity contribution >= 4 is 18.0 Å². The molecule has 0 saturated heterocycles. The van der Waals surface area contributed by atoms with Crippen LogP contribution in [0.4, 0.5) is 0 Å². The van der Waals surface area contributed by atoms with E-state index in [1.54, 1.807) is 6.08 Å². The molecule has 0 atom stereocenters. The summed E-state index contributed by atoms with van der Waals surface area (Å²) in [5, 5.41) is 11.9. The number of hydrogen-bond donors (Lipinski definition) is 1. The van der Waals surface area contributed by atoms with E-state index in [0.717, 1.165) is 29.9 Å². The normalized spacial score (nSPS) is 11.0. The Hall–Kier alpha value is -2.55. The van der Waals surface area contributed by atoms with Gasteiger partial charge in [0.05, 0.1) is 7.11 Å². The SMILES string of the molecule is CCCn1c(C)cc(/C=C(\C#N)C(=O)NCCCC(=O)OC)c1C. The van der Waals surface area contributed by atoms with E-state index < -0.39 is 5.91 Å². The van der Waals surface area contributed by atoms with Gasteiger partial charge in [-0.3, -0.25) is 9.59 Å². The summed E-state index contributed by atoms with van der Waals surface area (Å²) in [6.07, 6.45) is 3.35. The minimum absolute atomic E-state index is 0.0600. The van der Waals surface area contributed by atoms with Crippen LogP contribution in [0.15, 0.2) is 11.6 Å². The Morgan fingerprint density at radius 2 is 2.12 bits per heavy atom. The second-order valence-corrected chi connectivity index (χ2v) is 5.58. The van der Waals surface area contributed by atoms with Gasteiger partial charge in [0.25, 0.3) is 5.91 Å². The Morgan fingerprint density at radius 1 is 1.42 bits per heavy atom. The van der Waals surface area contributed by atoms with E-state index in [1.165, 1.54) is 7.11 Å². The van der Waals surface area contributed by atoms with Gasteiger partial charge < -0.3 is 14.6 Å². The summed E-state index contributed by atoms with van der Waals surface area (Å²) in [5.41, 5.74) is 3.09. The van der Waals surface area contributed by atoms with Crippen LogP contribution in [0.1, 0.15) is 43.1 Å². The largest absolute Gasteiger partial charge is 0.469 e. The van der Waals surface area contributed by atoms with Crippen molar-refractivity contribution in [3.8, 4) is 6.07 Å². The maximum absolute atomic E-state index is 12.1. The van der Waals surface area contributed by atoms with E-state index in [2.05, 4.69) is 21.5 Å². The first-order valence-corrected chi connectivity index (χ1v) is 8.08. The van der Waals surface area contributed by atoms with Crippen molar-refractivity contribution in [1.29, 1.82) is 5.26 Å². The standard InChI is InChI=1S/C18H25N3O3/c1-5-9-21-13(2)10-15(14(21)3)11-16(12-19)18(23)20-8-6-7-17(22)24-4/h10-11H,5-9H2,1-4H3,(H,20,23)/b16-11+. The maximum Gasteiger partial charge on any atom is 0.305 e. The van der Waals surface area contributed by atoms with Crippen molar-refractivity contribution in [3.05, 3.63) is 28.6 Å². The zero-order chi connectivity index (χ0) is 18.1. The molecule has 130 valence electrons. The molecule has 0 aromatic carbocycles. The Bertz CT molecular complexity index is 666. The van der Waals surface area contributed by atoms with Crippen molar-refractivity contribution in [2.75, 3.05) is 13.7 Å². The minimum atomic E-state index is -0.428. The van der Waals surface area contributed by atoms with E-state index >= 15 is 0 Å². The van der Waals surface area contributed by atoms with Gasteiger partial charge in [-0.15, -0.1) is 0 Å². The number of ether oxygens (including phenoxy) is 1. The number of carbonyl (C=O) groups is 2. The van der Waals surface area contributed by atoms with Crippen molar-refractivity contribution in [3.63, 3.8) is 0 Å². The number of hydrogen-bond acceptors (Lipinski definition) is 4. The maximum atomic E-state index is 12.1. The third kappa shape index (κ3) is 5.27. The molecule has 6 nitrogen and oxygen atoms in total. The van der Waals surface area contributed by atoms with Crippen molar-refractivity contribution in [2.24, 2.45) is 0 Å². The van der Waals surface area contributed by atoms with Crippen LogP contribution in [-0.4, -0.2) is 30.1 Å². The Kier molecular flexibility index (Phi) is 7.76. The number of methoxy groups -OCH3 is 1. The van der Waals surface area contributed by atoms with Crippen LogP contribution in [-0.2, 0) is 20.9 Å². The highest BCUT2D eigenvalue weighted by atomic mass is 16.5. The second-order valence-electron chi connectivity index (χ2n) is 5.58. The van der Waals surface area contributed by atoms with Gasteiger partial charge in [-0.1, -0.05) is 6.92 Å². The fraction of sp³-hybridized carbons (Fsp3) is 0.500. The number of carbonyl (C=O) groups excluding carboxylic acids is 2. The molecular formula is C18H25N3O3. The van der Waals surface area contributed by atoms with Crippen LogP contribution in [0, 0.1) is 25.2 Å². The van der Waals surface area contributed by atoms with Crippen LogP contribution in [0.5, 0.6) is 0 Å². The zero-order valence-electron chi connectivity index (χ0n) is 14.8. The first-order chi connectivity index (χ1) is 11.4. The van der Waals surface area contributed by atoms with Gasteiger partial charge in [-0.2, -0.15) is 5.26 Å². The first kappa shape index (κ1) is 19.5. The van der Waals surface area contributed by atoms with Crippen LogP contribution in [0.3, 0.4) is 0 Å². The molecule has 0 spiro atoms. The number of aryl methyl sites for hydroxylation is 1. The number of nitrogens with one attached hydrogen (secondary N) is 1. The summed E-state index contributed by atoms with van der Waals surface area (Å²) in [4.78, 5) is 23.1. The number of rotatable bonds is 8. The molecule has 1 aromatic rings. The van der Waals surface area contributed by atoms with E-state index in [-0.39, 0.29) is 18.0 Å². The molecule has 1 aromatic heterocycles. The fourth-order valence-corrected chi connectivity index (χ4v) is 2.48. The first-order valence-electron chi connectivity index (χ1n) is 8.08. The molecule has 1 heterocycles. The molecule has 0 aliphatic carbocycles. The lowest BCUT2D eigenvalue weighted by Gasteiger charge is -2.07. The van der Waals surface area contributed by atoms with E-state index in [0.29, 0.717) is 13.0 Å². The Balaban J connectivity index is 2.77. The highest BCUT2D eigenvalue weighted by Gasteiger charge is 2.12. The zero-order valence-corrected chi connectivity index (χ0v) is 14.8. The van der Waals surface area contributed by atoms with Crippen LogP contribution < -0.4 is 5.32 Å². The number of nitrogens with zero attached hydrogens (tertiary/aromatic N) is 2. The number of aromatic nitrogens is 1. The summed E-state index contributed by atoms with van der Waals surface area (Å²) in [5.74, 6) is -0.744. The molecule has 1 rings (SSSR count). The van der Waals surface area contributed by atoms with Crippen molar-refractivity contribution in [2.45, 2.75) is 46.6 Å². The Morgan fingerprint density at radius 3 is 2.71 bits per heavy atom. The summed E-state index contributed by atoms with van der Waals surface area (Å²) < 4.78 is 6.71. The molecule has 0 aliphatic rings. The molecule has 1 N–H and O–H groups in total. The molecule has 0 unspecified atom stereocenters. The van der Waals surface area contributed by atoms with E-state index in [4.69, 9.17) is 0 Å². The summed E-state index contributed by atoms with van der Waals surface area (Å²) in [6.45, 7) is 7.34. The summed E-state index contributed by atoms with van der Waals surface area (Å²) >= 11 is 0. The van der Waals surface area contributed by atoms with Gasteiger partial charge in [0.15, 0.2) is 0 Å². The van der Waals surface area contributed by atoms with Gasteiger partial charge in [0.2, 0.25) is 0 Å². The minimum Gasteiger partial charge on any atom is -0.469 e. The van der Waals surface area contributed by atoms with Gasteiger partial charge in [0, 0.05) is 30.9 Å². The van der Waals surface area contributed by atoms with Crippen LogP contribution in [0.2, 0.25) is 0 Å². The van der Waals surface area contributed by atoms with Gasteiger partial charge in [0.1, 0.15) is 11.6 Å². The lowest BCUT2D eigenvalue weighted by molar-refractivity contribution is -0.140. The average Bonchev–Trinajstić information content (AvgIpc) is 2.83. The van der Waals surface area contributed by atoms with Crippen molar-refractivity contribution < 1.29 is 14.3 Å². The third-order valence-corrected chi connectivity index (χ3v) is 3.80. The van der Waals surface area contributed by atoms with Gasteiger partial charge in [-0.25, -0.2) is 0 Å². The number of esters is 1.